The molecule has 0 aliphatic carbocycles. The van der Waals surface area contributed by atoms with E-state index in [0.717, 1.165) is 29.2 Å². The predicted molar refractivity (Wildman–Crippen MR) is 122 cm³/mol. The minimum absolute atomic E-state index is 0.0938. The second-order valence-electron chi connectivity index (χ2n) is 7.57. The van der Waals surface area contributed by atoms with Crippen molar-refractivity contribution in [2.75, 3.05) is 32.1 Å². The quantitative estimate of drug-likeness (QED) is 0.503. The van der Waals surface area contributed by atoms with Gasteiger partial charge in [-0.3, -0.25) is 9.48 Å². The number of carbonyl (C=O) groups excluding carboxylic acids is 2. The van der Waals surface area contributed by atoms with E-state index in [4.69, 9.17) is 4.74 Å². The van der Waals surface area contributed by atoms with E-state index in [1.807, 2.05) is 49.1 Å². The zero-order valence-corrected chi connectivity index (χ0v) is 18.8. The third-order valence-electron chi connectivity index (χ3n) is 5.62. The predicted octanol–water partition coefficient (Wildman–Crippen LogP) is 1.74. The lowest BCUT2D eigenvalue weighted by atomic mass is 10.2. The number of aliphatic hydroxyl groups is 1. The van der Waals surface area contributed by atoms with E-state index in [1.165, 1.54) is 12.0 Å². The van der Waals surface area contributed by atoms with Crippen LogP contribution in [0.5, 0.6) is 0 Å². The van der Waals surface area contributed by atoms with Crippen molar-refractivity contribution in [3.63, 3.8) is 0 Å². The number of hydrogen-bond donors (Lipinski definition) is 2. The van der Waals surface area contributed by atoms with Crippen molar-refractivity contribution in [1.82, 2.24) is 24.5 Å². The molecule has 1 aliphatic heterocycles. The van der Waals surface area contributed by atoms with Gasteiger partial charge in [0.25, 0.3) is 5.91 Å². The Labute approximate surface area is 191 Å². The average Bonchev–Trinajstić information content (AvgIpc) is 3.53. The van der Waals surface area contributed by atoms with Gasteiger partial charge in [0.2, 0.25) is 0 Å². The molecular weight excluding hydrogens is 424 g/mol. The van der Waals surface area contributed by atoms with Crippen LogP contribution in [0.4, 0.5) is 5.69 Å². The Kier molecular flexibility index (Phi) is 6.27. The average molecular weight is 450 g/mol. The second-order valence-corrected chi connectivity index (χ2v) is 7.57. The fourth-order valence-corrected chi connectivity index (χ4v) is 3.82. The summed E-state index contributed by atoms with van der Waals surface area (Å²) in [7, 11) is 1.27. The van der Waals surface area contributed by atoms with Crippen LogP contribution in [0.3, 0.4) is 0 Å². The Balaban J connectivity index is 1.54. The van der Waals surface area contributed by atoms with E-state index < -0.39 is 5.97 Å². The molecule has 0 bridgehead atoms. The van der Waals surface area contributed by atoms with Crippen LogP contribution >= 0.6 is 0 Å². The van der Waals surface area contributed by atoms with Gasteiger partial charge < -0.3 is 20.1 Å². The maximum atomic E-state index is 12.7. The first-order valence-corrected chi connectivity index (χ1v) is 10.6. The molecule has 0 saturated carbocycles. The molecule has 0 unspecified atom stereocenters. The number of hydrogen-bond acceptors (Lipinski definition) is 7. The molecule has 1 aliphatic rings. The molecule has 0 atom stereocenters. The van der Waals surface area contributed by atoms with Crippen molar-refractivity contribution < 1.29 is 19.4 Å². The van der Waals surface area contributed by atoms with E-state index in [1.54, 1.807) is 16.8 Å². The van der Waals surface area contributed by atoms with Crippen molar-refractivity contribution in [1.29, 1.82) is 0 Å². The highest BCUT2D eigenvalue weighted by Crippen LogP contribution is 2.25. The van der Waals surface area contributed by atoms with Gasteiger partial charge >= 0.3 is 5.97 Å². The lowest BCUT2D eigenvalue weighted by Gasteiger charge is -2.15. The van der Waals surface area contributed by atoms with Crippen LogP contribution in [0, 0.1) is 6.92 Å². The topological polar surface area (TPSA) is 115 Å². The van der Waals surface area contributed by atoms with E-state index >= 15 is 0 Å². The number of aliphatic hydroxyl groups excluding tert-OH is 1. The summed E-state index contributed by atoms with van der Waals surface area (Å²) in [5, 5.41) is 21.3. The molecule has 3 aromatic rings. The van der Waals surface area contributed by atoms with Crippen LogP contribution in [0.1, 0.15) is 12.6 Å². The maximum absolute atomic E-state index is 12.7. The van der Waals surface area contributed by atoms with Gasteiger partial charge in [0.05, 0.1) is 43.4 Å². The van der Waals surface area contributed by atoms with E-state index in [9.17, 15) is 14.7 Å². The summed E-state index contributed by atoms with van der Waals surface area (Å²) in [6.07, 6.45) is 3.70. The number of anilines is 1. The first-order valence-electron chi connectivity index (χ1n) is 10.6. The van der Waals surface area contributed by atoms with Gasteiger partial charge in [-0.05, 0) is 44.2 Å². The standard InChI is InChI=1S/C23H26N6O4/c1-4-28-15(2)18(13-24-28)20-9-10-29(26-20)17-7-5-16(6-8-17)25-21-19(23(32)33-3)14-27(11-12-30)22(21)31/h5-10,13,25,30H,4,11-12,14H2,1-3H3. The largest absolute Gasteiger partial charge is 0.466 e. The van der Waals surface area contributed by atoms with E-state index in [0.29, 0.717) is 5.69 Å². The van der Waals surface area contributed by atoms with E-state index in [2.05, 4.69) is 15.5 Å². The van der Waals surface area contributed by atoms with Crippen molar-refractivity contribution in [2.24, 2.45) is 0 Å². The summed E-state index contributed by atoms with van der Waals surface area (Å²) in [6, 6.07) is 9.29. The molecule has 2 aromatic heterocycles. The molecule has 0 spiro atoms. The third-order valence-corrected chi connectivity index (χ3v) is 5.62. The molecule has 0 radical (unpaired) electrons. The molecular formula is C23H26N6O4. The second kappa shape index (κ2) is 9.29. The zero-order valence-electron chi connectivity index (χ0n) is 18.8. The van der Waals surface area contributed by atoms with E-state index in [-0.39, 0.29) is 36.9 Å². The Morgan fingerprint density at radius 3 is 2.64 bits per heavy atom. The molecule has 33 heavy (non-hydrogen) atoms. The minimum Gasteiger partial charge on any atom is -0.466 e. The number of aromatic nitrogens is 4. The molecule has 2 N–H and O–H groups in total. The molecule has 3 heterocycles. The third kappa shape index (κ3) is 4.24. The summed E-state index contributed by atoms with van der Waals surface area (Å²) >= 11 is 0. The number of carbonyl (C=O) groups is 2. The Morgan fingerprint density at radius 1 is 1.24 bits per heavy atom. The van der Waals surface area contributed by atoms with Gasteiger partial charge in [0.15, 0.2) is 0 Å². The number of ether oxygens (including phenoxy) is 1. The molecule has 10 heteroatoms. The maximum Gasteiger partial charge on any atom is 0.337 e. The van der Waals surface area contributed by atoms with Gasteiger partial charge in [-0.2, -0.15) is 10.2 Å². The lowest BCUT2D eigenvalue weighted by molar-refractivity contribution is -0.136. The first kappa shape index (κ1) is 22.3. The number of rotatable bonds is 8. The fraction of sp³-hybridized carbons (Fsp3) is 0.304. The number of β-amino-alcohol motifs (C(OH)–C–C–N with tert-alkyl or cyclic N) is 1. The highest BCUT2D eigenvalue weighted by molar-refractivity contribution is 6.08. The van der Waals surface area contributed by atoms with Gasteiger partial charge in [-0.15, -0.1) is 0 Å². The molecule has 10 nitrogen and oxygen atoms in total. The number of amides is 1. The zero-order chi connectivity index (χ0) is 23.5. The van der Waals surface area contributed by atoms with Gasteiger partial charge in [-0.1, -0.05) is 0 Å². The molecule has 0 fully saturated rings. The molecule has 172 valence electrons. The number of aryl methyl sites for hydroxylation is 1. The fourth-order valence-electron chi connectivity index (χ4n) is 3.82. The van der Waals surface area contributed by atoms with Gasteiger partial charge in [0, 0.05) is 36.2 Å². The lowest BCUT2D eigenvalue weighted by Crippen LogP contribution is -2.31. The van der Waals surface area contributed by atoms with Crippen molar-refractivity contribution in [3.05, 3.63) is 59.7 Å². The van der Waals surface area contributed by atoms with Crippen LogP contribution in [0.2, 0.25) is 0 Å². The Hall–Kier alpha value is -3.92. The summed E-state index contributed by atoms with van der Waals surface area (Å²) in [6.45, 7) is 4.92. The van der Waals surface area contributed by atoms with Crippen LogP contribution in [-0.2, 0) is 20.9 Å². The molecule has 4 rings (SSSR count). The van der Waals surface area contributed by atoms with Crippen LogP contribution in [0.15, 0.2) is 54.0 Å². The number of benzene rings is 1. The SMILES string of the molecule is CCn1ncc(-c2ccn(-c3ccc(NC4=C(C(=O)OC)CN(CCO)C4=O)cc3)n2)c1C. The monoisotopic (exact) mass is 450 g/mol. The highest BCUT2D eigenvalue weighted by atomic mass is 16.5. The highest BCUT2D eigenvalue weighted by Gasteiger charge is 2.34. The molecule has 1 amide bonds. The van der Waals surface area contributed by atoms with Crippen molar-refractivity contribution in [2.45, 2.75) is 20.4 Å². The Morgan fingerprint density at radius 2 is 2.00 bits per heavy atom. The van der Waals surface area contributed by atoms with Crippen LogP contribution < -0.4 is 5.32 Å². The van der Waals surface area contributed by atoms with Crippen LogP contribution in [0.25, 0.3) is 16.9 Å². The first-order chi connectivity index (χ1) is 16.0. The summed E-state index contributed by atoms with van der Waals surface area (Å²) in [5.41, 5.74) is 4.77. The van der Waals surface area contributed by atoms with Gasteiger partial charge in [0.1, 0.15) is 5.70 Å². The summed E-state index contributed by atoms with van der Waals surface area (Å²) in [4.78, 5) is 26.2. The summed E-state index contributed by atoms with van der Waals surface area (Å²) < 4.78 is 8.51. The molecule has 0 saturated heterocycles. The smallest absolute Gasteiger partial charge is 0.337 e. The Bertz CT molecular complexity index is 1210. The number of nitrogens with one attached hydrogen (secondary N) is 1. The van der Waals surface area contributed by atoms with Crippen LogP contribution in [-0.4, -0.2) is 68.3 Å². The van der Waals surface area contributed by atoms with Gasteiger partial charge in [-0.25, -0.2) is 9.48 Å². The minimum atomic E-state index is -0.575. The van der Waals surface area contributed by atoms with Crippen molar-refractivity contribution in [3.8, 4) is 16.9 Å². The number of methoxy groups -OCH3 is 1. The number of esters is 1. The number of nitrogens with zero attached hydrogens (tertiary/aromatic N) is 5. The molecule has 1 aromatic carbocycles. The van der Waals surface area contributed by atoms with Crippen molar-refractivity contribution >= 4 is 17.6 Å². The normalized spacial score (nSPS) is 13.7. The summed E-state index contributed by atoms with van der Waals surface area (Å²) in [5.74, 6) is -0.929.